The molecule has 1 heterocycles. The van der Waals surface area contributed by atoms with Gasteiger partial charge in [0.2, 0.25) is 0 Å². The number of anilines is 1. The summed E-state index contributed by atoms with van der Waals surface area (Å²) >= 11 is 2.29. The van der Waals surface area contributed by atoms with Gasteiger partial charge in [-0.25, -0.2) is 14.4 Å². The number of benzene rings is 1. The number of hydrogen-bond acceptors (Lipinski definition) is 3. The molecule has 0 aliphatic rings. The van der Waals surface area contributed by atoms with E-state index < -0.39 is 0 Å². The fourth-order valence-electron chi connectivity index (χ4n) is 1.94. The smallest absolute Gasteiger partial charge is 0.161 e. The summed E-state index contributed by atoms with van der Waals surface area (Å²) in [5, 5.41) is 3.35. The molecule has 0 saturated heterocycles. The molecular weight excluding hydrogens is 380 g/mol. The zero-order chi connectivity index (χ0) is 15.4. The molecule has 0 amide bonds. The minimum atomic E-state index is -0.252. The Balaban J connectivity index is 2.50. The van der Waals surface area contributed by atoms with Gasteiger partial charge < -0.3 is 5.32 Å². The monoisotopic (exact) mass is 399 g/mol. The predicted molar refractivity (Wildman–Crippen MR) is 93.0 cm³/mol. The molecule has 1 N–H and O–H groups in total. The van der Waals surface area contributed by atoms with E-state index in [0.717, 1.165) is 33.6 Å². The summed E-state index contributed by atoms with van der Waals surface area (Å²) in [6.45, 7) is 7.21. The quantitative estimate of drug-likeness (QED) is 0.732. The molecular formula is C16H19FIN3. The van der Waals surface area contributed by atoms with Crippen LogP contribution in [0.15, 0.2) is 24.3 Å². The Kier molecular flexibility index (Phi) is 5.50. The average molecular weight is 399 g/mol. The van der Waals surface area contributed by atoms with Crippen molar-refractivity contribution in [3.8, 4) is 11.4 Å². The summed E-state index contributed by atoms with van der Waals surface area (Å²) in [6.07, 6.45) is 1.03. The zero-order valence-electron chi connectivity index (χ0n) is 12.5. The number of nitrogens with zero attached hydrogens (tertiary/aromatic N) is 2. The molecule has 21 heavy (non-hydrogen) atoms. The summed E-state index contributed by atoms with van der Waals surface area (Å²) in [4.78, 5) is 9.26. The second-order valence-corrected chi connectivity index (χ2v) is 6.26. The highest BCUT2D eigenvalue weighted by Crippen LogP contribution is 2.28. The summed E-state index contributed by atoms with van der Waals surface area (Å²) in [5.74, 6) is 1.55. The van der Waals surface area contributed by atoms with Gasteiger partial charge in [-0.1, -0.05) is 20.8 Å². The third-order valence-electron chi connectivity index (χ3n) is 3.07. The number of nitrogens with one attached hydrogen (secondary N) is 1. The first-order chi connectivity index (χ1) is 10.0. The molecule has 0 aliphatic carbocycles. The molecule has 1 aromatic carbocycles. The summed E-state index contributed by atoms with van der Waals surface area (Å²) in [5.41, 5.74) is 1.85. The van der Waals surface area contributed by atoms with E-state index in [1.54, 1.807) is 12.1 Å². The van der Waals surface area contributed by atoms with Crippen molar-refractivity contribution < 1.29 is 4.39 Å². The Morgan fingerprint density at radius 1 is 1.19 bits per heavy atom. The summed E-state index contributed by atoms with van der Waals surface area (Å²) in [7, 11) is 0. The molecule has 5 heteroatoms. The third kappa shape index (κ3) is 3.90. The van der Waals surface area contributed by atoms with Crippen molar-refractivity contribution in [2.75, 3.05) is 11.9 Å². The van der Waals surface area contributed by atoms with E-state index >= 15 is 0 Å². The normalized spacial score (nSPS) is 11.0. The van der Waals surface area contributed by atoms with Gasteiger partial charge in [0.05, 0.1) is 9.26 Å². The van der Waals surface area contributed by atoms with Crippen molar-refractivity contribution in [3.63, 3.8) is 0 Å². The van der Waals surface area contributed by atoms with Crippen LogP contribution in [0.4, 0.5) is 10.2 Å². The lowest BCUT2D eigenvalue weighted by Crippen LogP contribution is -2.10. The predicted octanol–water partition coefficient (Wildman–Crippen LogP) is 4.83. The van der Waals surface area contributed by atoms with Gasteiger partial charge in [-0.15, -0.1) is 0 Å². The molecule has 0 spiro atoms. The second-order valence-electron chi connectivity index (χ2n) is 5.18. The topological polar surface area (TPSA) is 37.8 Å². The molecule has 1 aromatic heterocycles. The third-order valence-corrected chi connectivity index (χ3v) is 4.13. The van der Waals surface area contributed by atoms with Gasteiger partial charge in [0.15, 0.2) is 5.82 Å². The summed E-state index contributed by atoms with van der Waals surface area (Å²) < 4.78 is 14.1. The number of halogens is 2. The molecule has 0 atom stereocenters. The Bertz CT molecular complexity index is 612. The van der Waals surface area contributed by atoms with E-state index in [0.29, 0.717) is 11.7 Å². The maximum Gasteiger partial charge on any atom is 0.161 e. The van der Waals surface area contributed by atoms with Crippen LogP contribution in [-0.4, -0.2) is 16.5 Å². The van der Waals surface area contributed by atoms with Crippen molar-refractivity contribution in [1.82, 2.24) is 9.97 Å². The van der Waals surface area contributed by atoms with Crippen LogP contribution in [0.2, 0.25) is 0 Å². The first-order valence-electron chi connectivity index (χ1n) is 7.10. The van der Waals surface area contributed by atoms with Gasteiger partial charge >= 0.3 is 0 Å². The minimum absolute atomic E-state index is 0.252. The molecule has 0 bridgehead atoms. The zero-order valence-corrected chi connectivity index (χ0v) is 14.6. The lowest BCUT2D eigenvalue weighted by molar-refractivity contribution is 0.628. The first-order valence-corrected chi connectivity index (χ1v) is 8.18. The van der Waals surface area contributed by atoms with Gasteiger partial charge in [0.1, 0.15) is 11.6 Å². The Morgan fingerprint density at radius 3 is 2.43 bits per heavy atom. The van der Waals surface area contributed by atoms with Crippen LogP contribution in [0.25, 0.3) is 11.4 Å². The number of aromatic nitrogens is 2. The lowest BCUT2D eigenvalue weighted by atomic mass is 10.1. The maximum absolute atomic E-state index is 13.1. The largest absolute Gasteiger partial charge is 0.369 e. The van der Waals surface area contributed by atoms with Crippen molar-refractivity contribution >= 4 is 28.4 Å². The highest BCUT2D eigenvalue weighted by molar-refractivity contribution is 14.1. The van der Waals surface area contributed by atoms with Crippen LogP contribution in [-0.2, 0) is 0 Å². The van der Waals surface area contributed by atoms with Crippen LogP contribution in [0.3, 0.4) is 0 Å². The Labute approximate surface area is 138 Å². The van der Waals surface area contributed by atoms with E-state index in [1.807, 2.05) is 0 Å². The molecule has 0 saturated carbocycles. The van der Waals surface area contributed by atoms with Crippen molar-refractivity contribution in [1.29, 1.82) is 0 Å². The summed E-state index contributed by atoms with van der Waals surface area (Å²) in [6, 6.07) is 6.30. The first kappa shape index (κ1) is 16.1. The van der Waals surface area contributed by atoms with Crippen molar-refractivity contribution in [2.45, 2.75) is 33.1 Å². The highest BCUT2D eigenvalue weighted by atomic mass is 127. The van der Waals surface area contributed by atoms with Gasteiger partial charge in [-0.05, 0) is 59.2 Å². The SMILES string of the molecule is CCCNc1nc(-c2ccc(F)cc2)nc(C(C)C)c1I. The second kappa shape index (κ2) is 7.15. The average Bonchev–Trinajstić information content (AvgIpc) is 2.47. The highest BCUT2D eigenvalue weighted by Gasteiger charge is 2.15. The van der Waals surface area contributed by atoms with E-state index in [1.165, 1.54) is 12.1 Å². The van der Waals surface area contributed by atoms with Crippen molar-refractivity contribution in [3.05, 3.63) is 39.3 Å². The molecule has 2 rings (SSSR count). The Morgan fingerprint density at radius 2 is 1.86 bits per heavy atom. The molecule has 0 fully saturated rings. The van der Waals surface area contributed by atoms with Crippen LogP contribution < -0.4 is 5.32 Å². The lowest BCUT2D eigenvalue weighted by Gasteiger charge is -2.14. The van der Waals surface area contributed by atoms with Crippen LogP contribution in [0.1, 0.15) is 38.8 Å². The van der Waals surface area contributed by atoms with Crippen molar-refractivity contribution in [2.24, 2.45) is 0 Å². The molecule has 0 radical (unpaired) electrons. The fraction of sp³-hybridized carbons (Fsp3) is 0.375. The molecule has 0 unspecified atom stereocenters. The van der Waals surface area contributed by atoms with Gasteiger partial charge in [-0.3, -0.25) is 0 Å². The standard InChI is InChI=1S/C16H19FIN3/c1-4-9-19-16-13(18)14(10(2)3)20-15(21-16)11-5-7-12(17)8-6-11/h5-8,10H,4,9H2,1-3H3,(H,19,20,21). The molecule has 3 nitrogen and oxygen atoms in total. The number of hydrogen-bond donors (Lipinski definition) is 1. The molecule has 0 aliphatic heterocycles. The van der Waals surface area contributed by atoms with Gasteiger partial charge in [0, 0.05) is 12.1 Å². The van der Waals surface area contributed by atoms with E-state index in [4.69, 9.17) is 0 Å². The van der Waals surface area contributed by atoms with Crippen LogP contribution in [0, 0.1) is 9.39 Å². The molecule has 112 valence electrons. The van der Waals surface area contributed by atoms with E-state index in [-0.39, 0.29) is 5.82 Å². The van der Waals surface area contributed by atoms with Gasteiger partial charge in [0.25, 0.3) is 0 Å². The molecule has 2 aromatic rings. The maximum atomic E-state index is 13.1. The van der Waals surface area contributed by atoms with E-state index in [2.05, 4.69) is 58.6 Å². The number of rotatable bonds is 5. The van der Waals surface area contributed by atoms with Crippen LogP contribution >= 0.6 is 22.6 Å². The minimum Gasteiger partial charge on any atom is -0.369 e. The Hall–Kier alpha value is -1.24. The van der Waals surface area contributed by atoms with Gasteiger partial charge in [-0.2, -0.15) is 0 Å². The van der Waals surface area contributed by atoms with Crippen LogP contribution in [0.5, 0.6) is 0 Å². The van der Waals surface area contributed by atoms with E-state index in [9.17, 15) is 4.39 Å². The fourth-order valence-corrected chi connectivity index (χ4v) is 2.99.